The highest BCUT2D eigenvalue weighted by molar-refractivity contribution is 6.09. The molecule has 12 aromatic rings. The van der Waals surface area contributed by atoms with Gasteiger partial charge in [-0.2, -0.15) is 0 Å². The maximum atomic E-state index is 6.19. The number of anilines is 3. The van der Waals surface area contributed by atoms with Gasteiger partial charge in [-0.1, -0.05) is 182 Å². The Labute approximate surface area is 376 Å². The summed E-state index contributed by atoms with van der Waals surface area (Å²) in [5.74, 6) is 0. The second-order valence-electron chi connectivity index (χ2n) is 17.5. The molecule has 0 unspecified atom stereocenters. The lowest BCUT2D eigenvalue weighted by Crippen LogP contribution is -2.26. The number of furan rings is 1. The van der Waals surface area contributed by atoms with E-state index < -0.39 is 5.41 Å². The van der Waals surface area contributed by atoms with Crippen molar-refractivity contribution in [1.29, 1.82) is 0 Å². The van der Waals surface area contributed by atoms with Gasteiger partial charge in [0.25, 0.3) is 0 Å². The Bertz CT molecular complexity index is 3850. The maximum absolute atomic E-state index is 6.19. The van der Waals surface area contributed by atoms with Gasteiger partial charge in [-0.3, -0.25) is 0 Å². The van der Waals surface area contributed by atoms with E-state index in [0.717, 1.165) is 50.1 Å². The van der Waals surface area contributed by atoms with Crippen molar-refractivity contribution in [3.63, 3.8) is 0 Å². The van der Waals surface area contributed by atoms with Gasteiger partial charge < -0.3 is 9.32 Å². The highest BCUT2D eigenvalue weighted by Gasteiger charge is 2.52. The summed E-state index contributed by atoms with van der Waals surface area (Å²) in [4.78, 5) is 2.47. The molecule has 1 aromatic heterocycles. The van der Waals surface area contributed by atoms with Gasteiger partial charge in [0.05, 0.1) is 11.1 Å². The molecule has 0 bridgehead atoms. The van der Waals surface area contributed by atoms with E-state index in [4.69, 9.17) is 4.42 Å². The van der Waals surface area contributed by atoms with Crippen molar-refractivity contribution < 1.29 is 4.42 Å². The fourth-order valence-corrected chi connectivity index (χ4v) is 11.4. The molecule has 0 saturated heterocycles. The van der Waals surface area contributed by atoms with Crippen LogP contribution in [0.3, 0.4) is 0 Å². The van der Waals surface area contributed by atoms with Crippen molar-refractivity contribution in [3.8, 4) is 44.5 Å². The number of nitrogens with zero attached hydrogens (tertiary/aromatic N) is 1. The maximum Gasteiger partial charge on any atom is 0.135 e. The number of fused-ring (bicyclic) bond motifs is 16. The summed E-state index contributed by atoms with van der Waals surface area (Å²) in [7, 11) is 0. The molecule has 2 aliphatic carbocycles. The van der Waals surface area contributed by atoms with E-state index in [2.05, 4.69) is 229 Å². The number of hydrogen-bond acceptors (Lipinski definition) is 2. The lowest BCUT2D eigenvalue weighted by atomic mass is 9.70. The quantitative estimate of drug-likeness (QED) is 0.161. The molecule has 0 fully saturated rings. The van der Waals surface area contributed by atoms with Crippen LogP contribution in [0.4, 0.5) is 17.1 Å². The van der Waals surface area contributed by atoms with Gasteiger partial charge in [0, 0.05) is 27.7 Å². The van der Waals surface area contributed by atoms with Crippen molar-refractivity contribution in [3.05, 3.63) is 259 Å². The van der Waals surface area contributed by atoms with Gasteiger partial charge in [0.2, 0.25) is 0 Å². The van der Waals surface area contributed by atoms with Gasteiger partial charge in [0.1, 0.15) is 11.2 Å². The SMILES string of the molecule is c1ccc2c(c1)-c1ccccc1C21c2ccccc2-c2c(N(c3ccc(-c4ccc5c(ccc6ccccc65)c4)cc3)c3ccc(-c4ccc5oc6ccccc6c5c4)cc3)cccc21. The van der Waals surface area contributed by atoms with Gasteiger partial charge in [-0.15, -0.1) is 0 Å². The second kappa shape index (κ2) is 13.8. The van der Waals surface area contributed by atoms with E-state index in [1.54, 1.807) is 0 Å². The first-order chi connectivity index (χ1) is 32.2. The van der Waals surface area contributed by atoms with Crippen molar-refractivity contribution >= 4 is 60.5 Å². The van der Waals surface area contributed by atoms with E-state index >= 15 is 0 Å². The Kier molecular flexibility index (Phi) is 7.64. The van der Waals surface area contributed by atoms with Crippen LogP contribution in [-0.2, 0) is 5.41 Å². The molecule has 0 atom stereocenters. The third-order valence-electron chi connectivity index (χ3n) is 14.3. The van der Waals surface area contributed by atoms with Crippen molar-refractivity contribution in [2.24, 2.45) is 0 Å². The van der Waals surface area contributed by atoms with Crippen molar-refractivity contribution in [2.75, 3.05) is 4.90 Å². The molecule has 0 saturated carbocycles. The zero-order valence-corrected chi connectivity index (χ0v) is 35.4. The Morgan fingerprint density at radius 3 is 1.54 bits per heavy atom. The monoisotopic (exact) mass is 825 g/mol. The smallest absolute Gasteiger partial charge is 0.135 e. The summed E-state index contributed by atoms with van der Waals surface area (Å²) in [5, 5.41) is 7.34. The van der Waals surface area contributed by atoms with Gasteiger partial charge >= 0.3 is 0 Å². The Morgan fingerprint density at radius 1 is 0.308 bits per heavy atom. The molecule has 0 N–H and O–H groups in total. The fourth-order valence-electron chi connectivity index (χ4n) is 11.4. The minimum atomic E-state index is -0.439. The van der Waals surface area contributed by atoms with Gasteiger partial charge in [-0.05, 0) is 137 Å². The molecule has 0 radical (unpaired) electrons. The zero-order valence-electron chi connectivity index (χ0n) is 35.4. The Morgan fingerprint density at radius 2 is 0.815 bits per heavy atom. The van der Waals surface area contributed by atoms with Crippen LogP contribution in [0.2, 0.25) is 0 Å². The first-order valence-electron chi connectivity index (χ1n) is 22.5. The topological polar surface area (TPSA) is 16.4 Å². The van der Waals surface area contributed by atoms with Crippen molar-refractivity contribution in [1.82, 2.24) is 0 Å². The van der Waals surface area contributed by atoms with E-state index in [1.807, 2.05) is 12.1 Å². The average Bonchev–Trinajstić information content (AvgIpc) is 4.01. The van der Waals surface area contributed by atoms with Crippen LogP contribution in [0.5, 0.6) is 0 Å². The first kappa shape index (κ1) is 36.1. The molecule has 0 aliphatic heterocycles. The Hall–Kier alpha value is -8.46. The van der Waals surface area contributed by atoms with Crippen LogP contribution in [-0.4, -0.2) is 0 Å². The highest BCUT2D eigenvalue weighted by atomic mass is 16.3. The average molecular weight is 826 g/mol. The van der Waals surface area contributed by atoms with E-state index in [9.17, 15) is 0 Å². The minimum Gasteiger partial charge on any atom is -0.456 e. The van der Waals surface area contributed by atoms with Crippen LogP contribution in [0.1, 0.15) is 22.3 Å². The number of para-hydroxylation sites is 1. The molecule has 2 heteroatoms. The van der Waals surface area contributed by atoms with Crippen LogP contribution in [0, 0.1) is 0 Å². The van der Waals surface area contributed by atoms with Crippen LogP contribution < -0.4 is 4.90 Å². The minimum absolute atomic E-state index is 0.439. The predicted octanol–water partition coefficient (Wildman–Crippen LogP) is 17.0. The predicted molar refractivity (Wildman–Crippen MR) is 271 cm³/mol. The molecule has 11 aromatic carbocycles. The molecule has 1 heterocycles. The molecule has 65 heavy (non-hydrogen) atoms. The standard InChI is InChI=1S/C63H39NO/c1-2-13-48-42(12-1)24-25-45-38-43(30-36-49(45)48)40-26-32-46(33-27-40)64(47-34-28-41(29-35-47)44-31-37-61-54(39-44)52-16-6-10-23-60(52)65-61)59-22-11-21-58-62(59)53-17-5-9-20-57(53)63(58)55-18-7-3-14-50(55)51-15-4-8-19-56(51)63/h1-39H. The zero-order chi connectivity index (χ0) is 42.6. The fraction of sp³-hybridized carbons (Fsp3) is 0.0159. The van der Waals surface area contributed by atoms with E-state index in [-0.39, 0.29) is 0 Å². The Balaban J connectivity index is 0.945. The van der Waals surface area contributed by atoms with Gasteiger partial charge in [0.15, 0.2) is 0 Å². The summed E-state index contributed by atoms with van der Waals surface area (Å²) in [5.41, 5.74) is 19.9. The van der Waals surface area contributed by atoms with E-state index in [0.29, 0.717) is 0 Å². The molecule has 1 spiro atoms. The molecule has 14 rings (SSSR count). The molecular weight excluding hydrogens is 787 g/mol. The summed E-state index contributed by atoms with van der Waals surface area (Å²) >= 11 is 0. The molecule has 2 nitrogen and oxygen atoms in total. The number of hydrogen-bond donors (Lipinski definition) is 0. The molecular formula is C63H39NO. The number of benzene rings is 11. The number of rotatable bonds is 5. The summed E-state index contributed by atoms with van der Waals surface area (Å²) in [6.45, 7) is 0. The second-order valence-corrected chi connectivity index (χ2v) is 17.5. The highest BCUT2D eigenvalue weighted by Crippen LogP contribution is 2.64. The summed E-state index contributed by atoms with van der Waals surface area (Å²) in [6.07, 6.45) is 0. The van der Waals surface area contributed by atoms with Crippen LogP contribution in [0.25, 0.3) is 88.0 Å². The first-order valence-corrected chi connectivity index (χ1v) is 22.5. The van der Waals surface area contributed by atoms with E-state index in [1.165, 1.54) is 77.2 Å². The van der Waals surface area contributed by atoms with Crippen molar-refractivity contribution in [2.45, 2.75) is 5.41 Å². The molecule has 302 valence electrons. The van der Waals surface area contributed by atoms with Crippen LogP contribution in [0.15, 0.2) is 241 Å². The largest absolute Gasteiger partial charge is 0.456 e. The lowest BCUT2D eigenvalue weighted by molar-refractivity contribution is 0.669. The molecule has 2 aliphatic rings. The third-order valence-corrected chi connectivity index (χ3v) is 14.3. The molecule has 0 amide bonds. The van der Waals surface area contributed by atoms with Crippen LogP contribution >= 0.6 is 0 Å². The summed E-state index contributed by atoms with van der Waals surface area (Å²) in [6, 6.07) is 87.2. The normalized spacial score (nSPS) is 13.0. The van der Waals surface area contributed by atoms with Gasteiger partial charge in [-0.25, -0.2) is 0 Å². The third kappa shape index (κ3) is 5.17. The lowest BCUT2D eigenvalue weighted by Gasteiger charge is -2.32. The summed E-state index contributed by atoms with van der Waals surface area (Å²) < 4.78 is 6.19.